The Hall–Kier alpha value is -2.50. The van der Waals surface area contributed by atoms with Crippen LogP contribution in [0.4, 0.5) is 11.6 Å². The van der Waals surface area contributed by atoms with Crippen molar-refractivity contribution < 1.29 is 0 Å². The maximum atomic E-state index is 5.76. The predicted octanol–water partition coefficient (Wildman–Crippen LogP) is 2.05. The number of fused-ring (bicyclic) bond motifs is 1. The van der Waals surface area contributed by atoms with Gasteiger partial charge in [0.05, 0.1) is 16.7 Å². The number of nitrogen functional groups attached to an aromatic ring is 1. The summed E-state index contributed by atoms with van der Waals surface area (Å²) < 4.78 is 1.84. The molecular formula is C14H18N6. The number of nitrogens with zero attached hydrogens (tertiary/aromatic N) is 3. The molecule has 0 spiro atoms. The molecule has 6 nitrogen and oxygen atoms in total. The number of nitrogens with one attached hydrogen (secondary N) is 2. The van der Waals surface area contributed by atoms with Crippen molar-refractivity contribution >= 4 is 22.7 Å². The van der Waals surface area contributed by atoms with Crippen LogP contribution >= 0.6 is 0 Å². The molecule has 0 radical (unpaired) electrons. The Kier molecular flexibility index (Phi) is 3.06. The molecule has 3 rings (SSSR count). The number of imidazole rings is 1. The van der Waals surface area contributed by atoms with E-state index in [1.54, 1.807) is 0 Å². The second-order valence-corrected chi connectivity index (χ2v) is 4.84. The number of aromatic nitrogens is 4. The minimum atomic E-state index is 0.701. The number of rotatable bonds is 4. The molecule has 104 valence electrons. The van der Waals surface area contributed by atoms with Gasteiger partial charge in [-0.2, -0.15) is 5.10 Å². The number of hydrogen-bond acceptors (Lipinski definition) is 4. The highest BCUT2D eigenvalue weighted by Crippen LogP contribution is 2.18. The van der Waals surface area contributed by atoms with Gasteiger partial charge in [-0.05, 0) is 24.6 Å². The molecule has 6 heteroatoms. The van der Waals surface area contributed by atoms with Crippen molar-refractivity contribution in [2.24, 2.45) is 7.05 Å². The summed E-state index contributed by atoms with van der Waals surface area (Å²) in [6.07, 6.45) is 2.96. The van der Waals surface area contributed by atoms with E-state index in [1.807, 2.05) is 36.1 Å². The third-order valence-corrected chi connectivity index (χ3v) is 3.28. The van der Waals surface area contributed by atoms with Crippen molar-refractivity contribution in [1.29, 1.82) is 0 Å². The molecule has 0 aliphatic carbocycles. The van der Waals surface area contributed by atoms with Gasteiger partial charge >= 0.3 is 0 Å². The Labute approximate surface area is 117 Å². The van der Waals surface area contributed by atoms with Crippen LogP contribution in [0.15, 0.2) is 24.4 Å². The molecule has 3 aromatic rings. The SMILES string of the molecule is CCc1nn(C)cc1CNc1nc2ccc(N)cc2[nH]1. The van der Waals surface area contributed by atoms with Crippen LogP contribution < -0.4 is 11.1 Å². The standard InChI is InChI=1S/C14H18N6/c1-3-11-9(8-20(2)19-11)7-16-14-17-12-5-4-10(15)6-13(12)18-14/h4-6,8H,3,7,15H2,1-2H3,(H2,16,17,18). The van der Waals surface area contributed by atoms with Gasteiger partial charge < -0.3 is 16.0 Å². The topological polar surface area (TPSA) is 84.6 Å². The Morgan fingerprint density at radius 1 is 1.40 bits per heavy atom. The molecule has 20 heavy (non-hydrogen) atoms. The Morgan fingerprint density at radius 2 is 2.25 bits per heavy atom. The smallest absolute Gasteiger partial charge is 0.201 e. The number of anilines is 2. The van der Waals surface area contributed by atoms with E-state index in [9.17, 15) is 0 Å². The minimum absolute atomic E-state index is 0.701. The zero-order valence-electron chi connectivity index (χ0n) is 11.6. The van der Waals surface area contributed by atoms with Crippen LogP contribution in [0.5, 0.6) is 0 Å². The lowest BCUT2D eigenvalue weighted by Crippen LogP contribution is -2.02. The molecule has 0 aliphatic heterocycles. The van der Waals surface area contributed by atoms with E-state index in [1.165, 1.54) is 5.56 Å². The van der Waals surface area contributed by atoms with Crippen molar-refractivity contribution in [3.63, 3.8) is 0 Å². The fourth-order valence-electron chi connectivity index (χ4n) is 2.32. The van der Waals surface area contributed by atoms with Gasteiger partial charge in [-0.15, -0.1) is 0 Å². The van der Waals surface area contributed by atoms with Gasteiger partial charge in [-0.3, -0.25) is 4.68 Å². The quantitative estimate of drug-likeness (QED) is 0.633. The van der Waals surface area contributed by atoms with E-state index >= 15 is 0 Å². The average Bonchev–Trinajstić information content (AvgIpc) is 2.98. The minimum Gasteiger partial charge on any atom is -0.399 e. The van der Waals surface area contributed by atoms with Crippen molar-refractivity contribution in [1.82, 2.24) is 19.7 Å². The first-order valence-corrected chi connectivity index (χ1v) is 6.66. The zero-order valence-corrected chi connectivity index (χ0v) is 11.6. The summed E-state index contributed by atoms with van der Waals surface area (Å²) in [5.41, 5.74) is 10.6. The molecule has 2 heterocycles. The molecule has 0 saturated heterocycles. The monoisotopic (exact) mass is 270 g/mol. The normalized spacial score (nSPS) is 11.1. The summed E-state index contributed by atoms with van der Waals surface area (Å²) in [6.45, 7) is 2.81. The molecule has 0 saturated carbocycles. The molecule has 0 bridgehead atoms. The summed E-state index contributed by atoms with van der Waals surface area (Å²) in [5, 5.41) is 7.72. The molecule has 1 aromatic carbocycles. The number of hydrogen-bond donors (Lipinski definition) is 3. The van der Waals surface area contributed by atoms with Crippen molar-refractivity contribution in [3.05, 3.63) is 35.7 Å². The highest BCUT2D eigenvalue weighted by atomic mass is 15.3. The number of H-pyrrole nitrogens is 1. The predicted molar refractivity (Wildman–Crippen MR) is 80.4 cm³/mol. The number of benzene rings is 1. The summed E-state index contributed by atoms with van der Waals surface area (Å²) in [6, 6.07) is 5.65. The second-order valence-electron chi connectivity index (χ2n) is 4.84. The van der Waals surface area contributed by atoms with Crippen molar-refractivity contribution in [3.8, 4) is 0 Å². The summed E-state index contributed by atoms with van der Waals surface area (Å²) in [5.74, 6) is 0.747. The van der Waals surface area contributed by atoms with Gasteiger partial charge in [0.1, 0.15) is 0 Å². The van der Waals surface area contributed by atoms with Gasteiger partial charge in [-0.25, -0.2) is 4.98 Å². The van der Waals surface area contributed by atoms with Crippen molar-refractivity contribution in [2.75, 3.05) is 11.1 Å². The van der Waals surface area contributed by atoms with Gasteiger partial charge in [0, 0.05) is 31.0 Å². The van der Waals surface area contributed by atoms with Gasteiger partial charge in [0.25, 0.3) is 0 Å². The fraction of sp³-hybridized carbons (Fsp3) is 0.286. The molecule has 0 amide bonds. The van der Waals surface area contributed by atoms with Crippen LogP contribution in [0.1, 0.15) is 18.2 Å². The lowest BCUT2D eigenvalue weighted by molar-refractivity contribution is 0.746. The van der Waals surface area contributed by atoms with E-state index in [0.717, 1.165) is 34.8 Å². The average molecular weight is 270 g/mol. The van der Waals surface area contributed by atoms with E-state index in [0.29, 0.717) is 6.54 Å². The summed E-state index contributed by atoms with van der Waals surface area (Å²) >= 11 is 0. The van der Waals surface area contributed by atoms with Crippen LogP contribution in [0.3, 0.4) is 0 Å². The van der Waals surface area contributed by atoms with E-state index in [4.69, 9.17) is 5.73 Å². The molecule has 0 atom stereocenters. The first-order valence-electron chi connectivity index (χ1n) is 6.66. The molecule has 4 N–H and O–H groups in total. The van der Waals surface area contributed by atoms with Gasteiger partial charge in [0.15, 0.2) is 0 Å². The Morgan fingerprint density at radius 3 is 3.05 bits per heavy atom. The lowest BCUT2D eigenvalue weighted by atomic mass is 10.2. The number of nitrogens with two attached hydrogens (primary N) is 1. The highest BCUT2D eigenvalue weighted by molar-refractivity contribution is 5.80. The highest BCUT2D eigenvalue weighted by Gasteiger charge is 2.07. The summed E-state index contributed by atoms with van der Waals surface area (Å²) in [4.78, 5) is 7.70. The van der Waals surface area contributed by atoms with E-state index in [-0.39, 0.29) is 0 Å². The van der Waals surface area contributed by atoms with Crippen LogP contribution in [0, 0.1) is 0 Å². The molecule has 0 aliphatic rings. The van der Waals surface area contributed by atoms with E-state index in [2.05, 4.69) is 27.3 Å². The van der Waals surface area contributed by atoms with Crippen LogP contribution in [-0.4, -0.2) is 19.7 Å². The maximum absolute atomic E-state index is 5.76. The molecular weight excluding hydrogens is 252 g/mol. The van der Waals surface area contributed by atoms with Crippen LogP contribution in [-0.2, 0) is 20.0 Å². The fourth-order valence-corrected chi connectivity index (χ4v) is 2.32. The maximum Gasteiger partial charge on any atom is 0.201 e. The summed E-state index contributed by atoms with van der Waals surface area (Å²) in [7, 11) is 1.94. The van der Waals surface area contributed by atoms with Crippen LogP contribution in [0.2, 0.25) is 0 Å². The van der Waals surface area contributed by atoms with Gasteiger partial charge in [0.2, 0.25) is 5.95 Å². The molecule has 0 unspecified atom stereocenters. The second kappa shape index (κ2) is 4.88. The Bertz CT molecular complexity index is 739. The molecule has 0 fully saturated rings. The number of aromatic amines is 1. The number of aryl methyl sites for hydroxylation is 2. The first-order chi connectivity index (χ1) is 9.65. The zero-order chi connectivity index (χ0) is 14.1. The third-order valence-electron chi connectivity index (χ3n) is 3.28. The largest absolute Gasteiger partial charge is 0.399 e. The lowest BCUT2D eigenvalue weighted by Gasteiger charge is -2.01. The van der Waals surface area contributed by atoms with Gasteiger partial charge in [-0.1, -0.05) is 6.92 Å². The Balaban J connectivity index is 1.79. The molecule has 2 aromatic heterocycles. The van der Waals surface area contributed by atoms with Crippen molar-refractivity contribution in [2.45, 2.75) is 19.9 Å². The van der Waals surface area contributed by atoms with E-state index < -0.39 is 0 Å². The third kappa shape index (κ3) is 2.32. The first kappa shape index (κ1) is 12.5. The van der Waals surface area contributed by atoms with Crippen LogP contribution in [0.25, 0.3) is 11.0 Å².